The molecule has 0 unspecified atom stereocenters. The Bertz CT molecular complexity index is 479. The number of nitrogens with two attached hydrogens (primary N) is 1. The highest BCUT2D eigenvalue weighted by atomic mass is 35.5. The van der Waals surface area contributed by atoms with Gasteiger partial charge in [0.1, 0.15) is 5.75 Å². The first-order chi connectivity index (χ1) is 8.78. The summed E-state index contributed by atoms with van der Waals surface area (Å²) in [4.78, 5) is 0. The molecule has 0 aliphatic heterocycles. The van der Waals surface area contributed by atoms with Gasteiger partial charge in [0.25, 0.3) is 0 Å². The highest BCUT2D eigenvalue weighted by molar-refractivity contribution is 6.30. The van der Waals surface area contributed by atoms with Crippen molar-refractivity contribution in [2.45, 2.75) is 13.0 Å². The van der Waals surface area contributed by atoms with Crippen molar-refractivity contribution in [2.75, 3.05) is 6.61 Å². The summed E-state index contributed by atoms with van der Waals surface area (Å²) in [5, 5.41) is 0.722. The zero-order valence-electron chi connectivity index (χ0n) is 10.1. The maximum absolute atomic E-state index is 5.80. The van der Waals surface area contributed by atoms with Crippen LogP contribution in [0.15, 0.2) is 48.5 Å². The van der Waals surface area contributed by atoms with Crippen molar-refractivity contribution in [1.29, 1.82) is 0 Å². The van der Waals surface area contributed by atoms with Crippen molar-refractivity contribution in [3.05, 3.63) is 64.7 Å². The van der Waals surface area contributed by atoms with Gasteiger partial charge in [0.05, 0.1) is 6.61 Å². The Hall–Kier alpha value is -1.51. The third-order valence-electron chi connectivity index (χ3n) is 2.73. The minimum absolute atomic E-state index is 0.585. The molecule has 3 heteroatoms. The van der Waals surface area contributed by atoms with E-state index >= 15 is 0 Å². The lowest BCUT2D eigenvalue weighted by Crippen LogP contribution is -2.02. The molecule has 94 valence electrons. The first-order valence-electron chi connectivity index (χ1n) is 5.94. The summed E-state index contributed by atoms with van der Waals surface area (Å²) in [5.41, 5.74) is 7.95. The minimum Gasteiger partial charge on any atom is -0.493 e. The van der Waals surface area contributed by atoms with E-state index in [0.29, 0.717) is 13.2 Å². The quantitative estimate of drug-likeness (QED) is 0.895. The summed E-state index contributed by atoms with van der Waals surface area (Å²) in [5.74, 6) is 0.845. The molecule has 0 aliphatic rings. The molecule has 2 aromatic rings. The topological polar surface area (TPSA) is 35.2 Å². The molecule has 0 aromatic heterocycles. The van der Waals surface area contributed by atoms with Gasteiger partial charge in [-0.3, -0.25) is 0 Å². The third-order valence-corrected chi connectivity index (χ3v) is 2.98. The lowest BCUT2D eigenvalue weighted by atomic mass is 10.1. The fourth-order valence-corrected chi connectivity index (χ4v) is 1.79. The fourth-order valence-electron chi connectivity index (χ4n) is 1.66. The highest BCUT2D eigenvalue weighted by Gasteiger charge is 1.96. The summed E-state index contributed by atoms with van der Waals surface area (Å²) < 4.78 is 5.64. The first kappa shape index (κ1) is 12.9. The van der Waals surface area contributed by atoms with E-state index in [1.165, 1.54) is 5.56 Å². The Morgan fingerprint density at radius 3 is 2.11 bits per heavy atom. The average molecular weight is 262 g/mol. The summed E-state index contributed by atoms with van der Waals surface area (Å²) in [7, 11) is 0. The second-order valence-electron chi connectivity index (χ2n) is 4.07. The fraction of sp³-hybridized carbons (Fsp3) is 0.200. The zero-order valence-corrected chi connectivity index (χ0v) is 10.9. The van der Waals surface area contributed by atoms with Crippen LogP contribution >= 0.6 is 11.6 Å². The molecular formula is C15H16ClNO. The summed E-state index contributed by atoms with van der Waals surface area (Å²) in [6.07, 6.45) is 0.882. The third kappa shape index (κ3) is 3.76. The molecule has 0 spiro atoms. The molecule has 2 nitrogen and oxygen atoms in total. The van der Waals surface area contributed by atoms with Crippen molar-refractivity contribution in [2.24, 2.45) is 5.73 Å². The first-order valence-corrected chi connectivity index (χ1v) is 6.32. The molecule has 18 heavy (non-hydrogen) atoms. The number of ether oxygens (including phenoxy) is 1. The van der Waals surface area contributed by atoms with Crippen molar-refractivity contribution >= 4 is 11.6 Å². The molecule has 0 fully saturated rings. The second-order valence-corrected chi connectivity index (χ2v) is 4.51. The van der Waals surface area contributed by atoms with Crippen molar-refractivity contribution < 1.29 is 4.74 Å². The molecule has 0 aliphatic carbocycles. The Morgan fingerprint density at radius 1 is 0.889 bits per heavy atom. The average Bonchev–Trinajstić information content (AvgIpc) is 2.42. The van der Waals surface area contributed by atoms with Gasteiger partial charge in [-0.15, -0.1) is 0 Å². The van der Waals surface area contributed by atoms with Crippen molar-refractivity contribution in [3.8, 4) is 5.75 Å². The van der Waals surface area contributed by atoms with E-state index in [9.17, 15) is 0 Å². The predicted octanol–water partition coefficient (Wildman–Crippen LogP) is 3.42. The Kier molecular flexibility index (Phi) is 4.62. The Balaban J connectivity index is 1.82. The van der Waals surface area contributed by atoms with E-state index in [0.717, 1.165) is 22.8 Å². The molecule has 0 radical (unpaired) electrons. The van der Waals surface area contributed by atoms with Crippen LogP contribution in [-0.4, -0.2) is 6.61 Å². The molecular weight excluding hydrogens is 246 g/mol. The van der Waals surface area contributed by atoms with Gasteiger partial charge in [-0.2, -0.15) is 0 Å². The van der Waals surface area contributed by atoms with Crippen LogP contribution in [-0.2, 0) is 13.0 Å². The summed E-state index contributed by atoms with van der Waals surface area (Å²) in [6, 6.07) is 15.7. The number of hydrogen-bond acceptors (Lipinski definition) is 2. The molecule has 2 rings (SSSR count). The SMILES string of the molecule is NCc1ccc(CCOc2ccc(Cl)cc2)cc1. The standard InChI is InChI=1S/C15H16ClNO/c16-14-5-7-15(8-6-14)18-10-9-12-1-3-13(11-17)4-2-12/h1-8H,9-11,17H2. The molecule has 0 bridgehead atoms. The van der Waals surface area contributed by atoms with Crippen molar-refractivity contribution in [1.82, 2.24) is 0 Å². The van der Waals surface area contributed by atoms with Gasteiger partial charge < -0.3 is 10.5 Å². The van der Waals surface area contributed by atoms with Crippen LogP contribution in [0.3, 0.4) is 0 Å². The van der Waals surface area contributed by atoms with Crippen LogP contribution < -0.4 is 10.5 Å². The molecule has 0 amide bonds. The van der Waals surface area contributed by atoms with E-state index in [-0.39, 0.29) is 0 Å². The maximum atomic E-state index is 5.80. The van der Waals surface area contributed by atoms with Crippen LogP contribution in [0.1, 0.15) is 11.1 Å². The number of rotatable bonds is 5. The molecule has 0 saturated carbocycles. The van der Waals surface area contributed by atoms with Crippen molar-refractivity contribution in [3.63, 3.8) is 0 Å². The largest absolute Gasteiger partial charge is 0.493 e. The Morgan fingerprint density at radius 2 is 1.50 bits per heavy atom. The van der Waals surface area contributed by atoms with Crippen LogP contribution in [0.4, 0.5) is 0 Å². The normalized spacial score (nSPS) is 10.3. The lowest BCUT2D eigenvalue weighted by Gasteiger charge is -2.06. The van der Waals surface area contributed by atoms with Gasteiger partial charge in [-0.05, 0) is 35.4 Å². The van der Waals surface area contributed by atoms with E-state index in [1.807, 2.05) is 24.3 Å². The van der Waals surface area contributed by atoms with Gasteiger partial charge in [0.2, 0.25) is 0 Å². The molecule has 2 aromatic carbocycles. The number of benzene rings is 2. The molecule has 0 saturated heterocycles. The zero-order chi connectivity index (χ0) is 12.8. The second kappa shape index (κ2) is 6.43. The van der Waals surface area contributed by atoms with E-state index in [1.54, 1.807) is 0 Å². The van der Waals surface area contributed by atoms with Gasteiger partial charge in [0, 0.05) is 18.0 Å². The van der Waals surface area contributed by atoms with E-state index < -0.39 is 0 Å². The van der Waals surface area contributed by atoms with Gasteiger partial charge >= 0.3 is 0 Å². The minimum atomic E-state index is 0.585. The highest BCUT2D eigenvalue weighted by Crippen LogP contribution is 2.15. The van der Waals surface area contributed by atoms with Gasteiger partial charge in [-0.25, -0.2) is 0 Å². The lowest BCUT2D eigenvalue weighted by molar-refractivity contribution is 0.322. The Labute approximate surface area is 112 Å². The molecule has 0 atom stereocenters. The van der Waals surface area contributed by atoms with Gasteiger partial charge in [0.15, 0.2) is 0 Å². The monoisotopic (exact) mass is 261 g/mol. The summed E-state index contributed by atoms with van der Waals surface area (Å²) >= 11 is 5.80. The van der Waals surface area contributed by atoms with E-state index in [2.05, 4.69) is 24.3 Å². The number of hydrogen-bond donors (Lipinski definition) is 1. The molecule has 0 heterocycles. The van der Waals surface area contributed by atoms with Gasteiger partial charge in [-0.1, -0.05) is 35.9 Å². The van der Waals surface area contributed by atoms with Crippen LogP contribution in [0.5, 0.6) is 5.75 Å². The van der Waals surface area contributed by atoms with Crippen LogP contribution in [0.2, 0.25) is 5.02 Å². The molecule has 2 N–H and O–H groups in total. The number of halogens is 1. The predicted molar refractivity (Wildman–Crippen MR) is 75.0 cm³/mol. The maximum Gasteiger partial charge on any atom is 0.119 e. The van der Waals surface area contributed by atoms with Crippen LogP contribution in [0, 0.1) is 0 Å². The smallest absolute Gasteiger partial charge is 0.119 e. The van der Waals surface area contributed by atoms with Crippen LogP contribution in [0.25, 0.3) is 0 Å². The van der Waals surface area contributed by atoms with E-state index in [4.69, 9.17) is 22.1 Å². The summed E-state index contributed by atoms with van der Waals surface area (Å²) in [6.45, 7) is 1.24.